The van der Waals surface area contributed by atoms with Crippen LogP contribution in [0.1, 0.15) is 18.4 Å². The summed E-state index contributed by atoms with van der Waals surface area (Å²) in [4.78, 5) is 19.2. The first-order valence-electron chi connectivity index (χ1n) is 12.3. The summed E-state index contributed by atoms with van der Waals surface area (Å²) in [6.45, 7) is 2.04. The molecule has 1 fully saturated rings. The van der Waals surface area contributed by atoms with Gasteiger partial charge < -0.3 is 19.7 Å². The van der Waals surface area contributed by atoms with Crippen molar-refractivity contribution in [3.8, 4) is 23.4 Å². The second-order valence-electron chi connectivity index (χ2n) is 9.29. The van der Waals surface area contributed by atoms with E-state index in [0.717, 1.165) is 36.7 Å². The van der Waals surface area contributed by atoms with Gasteiger partial charge in [-0.25, -0.2) is 14.2 Å². The minimum Gasteiger partial charge on any atom is -0.492 e. The molecule has 0 radical (unpaired) electrons. The Morgan fingerprint density at radius 1 is 1.16 bits per heavy atom. The van der Waals surface area contributed by atoms with Gasteiger partial charge in [0.05, 0.1) is 23.2 Å². The van der Waals surface area contributed by atoms with E-state index in [0.29, 0.717) is 46.5 Å². The van der Waals surface area contributed by atoms with Gasteiger partial charge in [-0.3, -0.25) is 4.57 Å². The Bertz CT molecular complexity index is 1470. The Labute approximate surface area is 214 Å². The molecule has 0 spiro atoms. The van der Waals surface area contributed by atoms with Crippen LogP contribution in [0.2, 0.25) is 0 Å². The van der Waals surface area contributed by atoms with Crippen LogP contribution >= 0.6 is 0 Å². The lowest BCUT2D eigenvalue weighted by molar-refractivity contribution is 0.160. The van der Waals surface area contributed by atoms with Crippen LogP contribution in [-0.4, -0.2) is 60.4 Å². The number of hydrogen-bond acceptors (Lipinski definition) is 6. The van der Waals surface area contributed by atoms with Crippen LogP contribution in [0.5, 0.6) is 17.4 Å². The van der Waals surface area contributed by atoms with Crippen molar-refractivity contribution in [2.45, 2.75) is 12.8 Å². The lowest BCUT2D eigenvalue weighted by Gasteiger charge is -2.28. The van der Waals surface area contributed by atoms with Crippen LogP contribution in [0.15, 0.2) is 54.7 Å². The number of amides is 1. The zero-order valence-electron chi connectivity index (χ0n) is 20.6. The van der Waals surface area contributed by atoms with E-state index in [1.54, 1.807) is 42.6 Å². The SMILES string of the molecule is CN1CCC(COc2cc3nc(Oc4ccc5c(ccn5C(=O)NCCF)c4)ccc3cc2C#N)CC1. The van der Waals surface area contributed by atoms with Gasteiger partial charge in [-0.1, -0.05) is 0 Å². The second kappa shape index (κ2) is 10.8. The molecular weight excluding hydrogens is 473 g/mol. The zero-order chi connectivity index (χ0) is 25.8. The molecular formula is C28H28FN5O3. The lowest BCUT2D eigenvalue weighted by atomic mass is 9.98. The van der Waals surface area contributed by atoms with Crippen molar-refractivity contribution in [2.75, 3.05) is 40.0 Å². The highest BCUT2D eigenvalue weighted by atomic mass is 19.1. The molecule has 0 atom stereocenters. The third-order valence-electron chi connectivity index (χ3n) is 6.67. The molecule has 2 aromatic heterocycles. The topological polar surface area (TPSA) is 92.4 Å². The first-order chi connectivity index (χ1) is 18.0. The summed E-state index contributed by atoms with van der Waals surface area (Å²) in [6, 6.07) is 16.2. The number of nitrogens with one attached hydrogen (secondary N) is 1. The maximum Gasteiger partial charge on any atom is 0.326 e. The summed E-state index contributed by atoms with van der Waals surface area (Å²) in [5.41, 5.74) is 1.85. The lowest BCUT2D eigenvalue weighted by Crippen LogP contribution is -2.32. The summed E-state index contributed by atoms with van der Waals surface area (Å²) in [6.07, 6.45) is 3.80. The summed E-state index contributed by atoms with van der Waals surface area (Å²) in [5.74, 6) is 1.97. The number of aromatic nitrogens is 2. The molecule has 1 N–H and O–H groups in total. The minimum atomic E-state index is -0.620. The summed E-state index contributed by atoms with van der Waals surface area (Å²) in [5, 5.41) is 13.8. The molecule has 1 saturated heterocycles. The van der Waals surface area contributed by atoms with Crippen LogP contribution in [0.4, 0.5) is 9.18 Å². The van der Waals surface area contributed by atoms with Gasteiger partial charge in [-0.05, 0) is 75.3 Å². The number of fused-ring (bicyclic) bond motifs is 2. The van der Waals surface area contributed by atoms with E-state index in [9.17, 15) is 14.4 Å². The fraction of sp³-hybridized carbons (Fsp3) is 0.321. The number of carbonyl (C=O) groups is 1. The smallest absolute Gasteiger partial charge is 0.326 e. The van der Waals surface area contributed by atoms with Gasteiger partial charge in [0.15, 0.2) is 0 Å². The number of hydrogen-bond donors (Lipinski definition) is 1. The summed E-state index contributed by atoms with van der Waals surface area (Å²) < 4.78 is 25.9. The highest BCUT2D eigenvalue weighted by Gasteiger charge is 2.18. The summed E-state index contributed by atoms with van der Waals surface area (Å²) >= 11 is 0. The van der Waals surface area contributed by atoms with Crippen molar-refractivity contribution >= 4 is 27.8 Å². The predicted molar refractivity (Wildman–Crippen MR) is 139 cm³/mol. The van der Waals surface area contributed by atoms with Crippen LogP contribution in [0.25, 0.3) is 21.8 Å². The van der Waals surface area contributed by atoms with Gasteiger partial charge in [-0.15, -0.1) is 0 Å². The Morgan fingerprint density at radius 3 is 2.78 bits per heavy atom. The van der Waals surface area contributed by atoms with Crippen LogP contribution in [-0.2, 0) is 0 Å². The normalized spacial score (nSPS) is 14.5. The number of rotatable bonds is 7. The van der Waals surface area contributed by atoms with E-state index in [1.165, 1.54) is 4.57 Å². The quantitative estimate of drug-likeness (QED) is 0.379. The number of halogens is 1. The number of carbonyl (C=O) groups excluding carboxylic acids is 1. The third-order valence-corrected chi connectivity index (χ3v) is 6.67. The Morgan fingerprint density at radius 2 is 2.00 bits per heavy atom. The van der Waals surface area contributed by atoms with Crippen molar-refractivity contribution in [2.24, 2.45) is 5.92 Å². The zero-order valence-corrected chi connectivity index (χ0v) is 20.6. The fourth-order valence-electron chi connectivity index (χ4n) is 4.55. The average molecular weight is 502 g/mol. The van der Waals surface area contributed by atoms with E-state index in [2.05, 4.69) is 28.3 Å². The van der Waals surface area contributed by atoms with Gasteiger partial charge in [0, 0.05) is 35.6 Å². The van der Waals surface area contributed by atoms with Crippen LogP contribution in [0.3, 0.4) is 0 Å². The molecule has 3 heterocycles. The highest BCUT2D eigenvalue weighted by Crippen LogP contribution is 2.30. The largest absolute Gasteiger partial charge is 0.492 e. The Balaban J connectivity index is 1.33. The fourth-order valence-corrected chi connectivity index (χ4v) is 4.55. The molecule has 5 rings (SSSR count). The third kappa shape index (κ3) is 5.49. The molecule has 2 aromatic carbocycles. The van der Waals surface area contributed by atoms with E-state index in [-0.39, 0.29) is 12.6 Å². The van der Waals surface area contributed by atoms with Gasteiger partial charge >= 0.3 is 6.03 Å². The number of piperidine rings is 1. The standard InChI is InChI=1S/C28H28FN5O3/c1-33-11-6-19(7-12-33)18-36-26-16-24-20(14-22(26)17-30)2-5-27(32-24)37-23-3-4-25-21(15-23)8-13-34(25)28(35)31-10-9-29/h2-5,8,13-16,19H,6-7,9-12,18H2,1H3,(H,31,35). The molecule has 4 aromatic rings. The number of nitriles is 1. The number of likely N-dealkylation sites (tertiary alicyclic amines) is 1. The van der Waals surface area contributed by atoms with Crippen molar-refractivity contribution in [3.05, 3.63) is 60.3 Å². The van der Waals surface area contributed by atoms with Gasteiger partial charge in [0.2, 0.25) is 5.88 Å². The number of ether oxygens (including phenoxy) is 2. The number of nitrogens with zero attached hydrogens (tertiary/aromatic N) is 4. The average Bonchev–Trinajstić information content (AvgIpc) is 3.34. The highest BCUT2D eigenvalue weighted by molar-refractivity contribution is 5.92. The second-order valence-corrected chi connectivity index (χ2v) is 9.29. The van der Waals surface area contributed by atoms with Crippen molar-refractivity contribution in [1.29, 1.82) is 5.26 Å². The molecule has 190 valence electrons. The predicted octanol–water partition coefficient (Wildman–Crippen LogP) is 5.10. The molecule has 0 aliphatic carbocycles. The molecule has 37 heavy (non-hydrogen) atoms. The molecule has 0 saturated carbocycles. The molecule has 1 aliphatic rings. The van der Waals surface area contributed by atoms with E-state index in [4.69, 9.17) is 9.47 Å². The monoisotopic (exact) mass is 501 g/mol. The first kappa shape index (κ1) is 24.5. The van der Waals surface area contributed by atoms with Crippen molar-refractivity contribution < 1.29 is 18.7 Å². The molecule has 8 nitrogen and oxygen atoms in total. The number of pyridine rings is 1. The Kier molecular flexibility index (Phi) is 7.19. The van der Waals surface area contributed by atoms with E-state index >= 15 is 0 Å². The maximum atomic E-state index is 12.4. The first-order valence-corrected chi connectivity index (χ1v) is 12.3. The van der Waals surface area contributed by atoms with E-state index in [1.807, 2.05) is 12.1 Å². The Hall–Kier alpha value is -4.16. The van der Waals surface area contributed by atoms with Crippen molar-refractivity contribution in [1.82, 2.24) is 19.8 Å². The van der Waals surface area contributed by atoms with Crippen LogP contribution in [0, 0.1) is 17.2 Å². The number of benzene rings is 2. The maximum absolute atomic E-state index is 12.4. The van der Waals surface area contributed by atoms with Gasteiger partial charge in [-0.2, -0.15) is 5.26 Å². The number of alkyl halides is 1. The molecule has 0 bridgehead atoms. The molecule has 1 aliphatic heterocycles. The molecule has 0 unspecified atom stereocenters. The van der Waals surface area contributed by atoms with Crippen molar-refractivity contribution in [3.63, 3.8) is 0 Å². The van der Waals surface area contributed by atoms with E-state index < -0.39 is 6.67 Å². The summed E-state index contributed by atoms with van der Waals surface area (Å²) in [7, 11) is 2.13. The molecule has 1 amide bonds. The molecule has 9 heteroatoms. The van der Waals surface area contributed by atoms with Gasteiger partial charge in [0.25, 0.3) is 0 Å². The van der Waals surface area contributed by atoms with Crippen LogP contribution < -0.4 is 14.8 Å². The van der Waals surface area contributed by atoms with Gasteiger partial charge in [0.1, 0.15) is 24.2 Å². The minimum absolute atomic E-state index is 0.0336.